The van der Waals surface area contributed by atoms with Gasteiger partial charge in [-0.25, -0.2) is 4.79 Å². The molecular weight excluding hydrogens is 444 g/mol. The second-order valence-corrected chi connectivity index (χ2v) is 9.53. The highest BCUT2D eigenvalue weighted by Crippen LogP contribution is 2.39. The summed E-state index contributed by atoms with van der Waals surface area (Å²) in [6.07, 6.45) is -0.126. The molecule has 2 aromatic carbocycles. The zero-order valence-corrected chi connectivity index (χ0v) is 21.4. The molecule has 0 aromatic heterocycles. The highest BCUT2D eigenvalue weighted by atomic mass is 16.6. The van der Waals surface area contributed by atoms with Crippen LogP contribution in [-0.2, 0) is 9.53 Å². The van der Waals surface area contributed by atoms with Crippen LogP contribution >= 0.6 is 0 Å². The van der Waals surface area contributed by atoms with Crippen molar-refractivity contribution in [1.29, 1.82) is 0 Å². The second-order valence-electron chi connectivity index (χ2n) is 9.53. The molecular formula is C27H36N4O4. The molecule has 2 N–H and O–H groups in total. The number of carbonyl (C=O) groups is 3. The first kappa shape index (κ1) is 26.2. The van der Waals surface area contributed by atoms with E-state index in [0.29, 0.717) is 18.5 Å². The van der Waals surface area contributed by atoms with Crippen LogP contribution in [0.3, 0.4) is 0 Å². The fraction of sp³-hybridized carbons (Fsp3) is 0.444. The van der Waals surface area contributed by atoms with E-state index >= 15 is 0 Å². The molecule has 0 bridgehead atoms. The molecule has 0 saturated heterocycles. The van der Waals surface area contributed by atoms with E-state index in [1.165, 1.54) is 0 Å². The lowest BCUT2D eigenvalue weighted by Gasteiger charge is -2.39. The van der Waals surface area contributed by atoms with Crippen molar-refractivity contribution in [3.05, 3.63) is 53.6 Å². The number of likely N-dealkylation sites (N-methyl/N-ethyl adjacent to an activating group) is 1. The lowest BCUT2D eigenvalue weighted by molar-refractivity contribution is -0.117. The number of hydrogen-bond acceptors (Lipinski definition) is 5. The largest absolute Gasteiger partial charge is 0.447 e. The van der Waals surface area contributed by atoms with Gasteiger partial charge in [-0.2, -0.15) is 0 Å². The molecule has 8 nitrogen and oxygen atoms in total. The van der Waals surface area contributed by atoms with Crippen molar-refractivity contribution in [2.75, 3.05) is 32.1 Å². The smallest absolute Gasteiger partial charge is 0.407 e. The lowest BCUT2D eigenvalue weighted by atomic mass is 9.89. The van der Waals surface area contributed by atoms with E-state index in [0.717, 1.165) is 28.9 Å². The van der Waals surface area contributed by atoms with Gasteiger partial charge in [-0.3, -0.25) is 9.59 Å². The van der Waals surface area contributed by atoms with Gasteiger partial charge in [0.25, 0.3) is 5.91 Å². The van der Waals surface area contributed by atoms with Crippen LogP contribution in [0.15, 0.2) is 42.5 Å². The Morgan fingerprint density at radius 1 is 1.09 bits per heavy atom. The molecule has 8 heteroatoms. The van der Waals surface area contributed by atoms with Crippen molar-refractivity contribution in [3.63, 3.8) is 0 Å². The van der Waals surface area contributed by atoms with Crippen molar-refractivity contribution < 1.29 is 19.1 Å². The molecule has 2 unspecified atom stereocenters. The Balaban J connectivity index is 1.87. The van der Waals surface area contributed by atoms with Gasteiger partial charge in [0.05, 0.1) is 12.1 Å². The summed E-state index contributed by atoms with van der Waals surface area (Å²) < 4.78 is 5.30. The van der Waals surface area contributed by atoms with Crippen LogP contribution in [0.5, 0.6) is 0 Å². The highest BCUT2D eigenvalue weighted by molar-refractivity contribution is 5.95. The molecule has 3 rings (SSSR count). The third kappa shape index (κ3) is 6.60. The first-order chi connectivity index (χ1) is 16.6. The molecule has 2 aromatic rings. The number of benzene rings is 2. The summed E-state index contributed by atoms with van der Waals surface area (Å²) in [5, 5.41) is 5.89. The summed E-state index contributed by atoms with van der Waals surface area (Å²) in [5.41, 5.74) is 4.12. The topological polar surface area (TPSA) is 91.0 Å². The zero-order chi connectivity index (χ0) is 25.7. The van der Waals surface area contributed by atoms with Crippen LogP contribution in [0.2, 0.25) is 0 Å². The number of fused-ring (bicyclic) bond motifs is 1. The quantitative estimate of drug-likeness (QED) is 0.626. The molecule has 0 fully saturated rings. The Morgan fingerprint density at radius 3 is 2.34 bits per heavy atom. The molecule has 1 aliphatic rings. The zero-order valence-electron chi connectivity index (χ0n) is 21.4. The Kier molecular flexibility index (Phi) is 8.51. The number of alkyl carbamates (subject to hydrolysis) is 1. The summed E-state index contributed by atoms with van der Waals surface area (Å²) in [6.45, 7) is 8.49. The van der Waals surface area contributed by atoms with Crippen LogP contribution in [0.4, 0.5) is 10.5 Å². The Morgan fingerprint density at radius 2 is 1.74 bits per heavy atom. The van der Waals surface area contributed by atoms with Crippen LogP contribution < -0.4 is 15.5 Å². The maximum atomic E-state index is 12.4. The molecule has 0 aliphatic carbocycles. The van der Waals surface area contributed by atoms with Gasteiger partial charge in [0, 0.05) is 37.3 Å². The van der Waals surface area contributed by atoms with Crippen molar-refractivity contribution in [3.8, 4) is 11.1 Å². The van der Waals surface area contributed by atoms with E-state index in [1.807, 2.05) is 56.3 Å². The molecule has 35 heavy (non-hydrogen) atoms. The van der Waals surface area contributed by atoms with Crippen LogP contribution in [0, 0.1) is 0 Å². The predicted molar refractivity (Wildman–Crippen MR) is 137 cm³/mol. The number of ether oxygens (including phenoxy) is 1. The molecule has 2 atom stereocenters. The second kappa shape index (κ2) is 11.4. The fourth-order valence-electron chi connectivity index (χ4n) is 4.36. The van der Waals surface area contributed by atoms with Crippen molar-refractivity contribution >= 4 is 23.6 Å². The van der Waals surface area contributed by atoms with Gasteiger partial charge in [-0.15, -0.1) is 0 Å². The number of amides is 3. The monoisotopic (exact) mass is 480 g/mol. The number of rotatable bonds is 7. The first-order valence-corrected chi connectivity index (χ1v) is 12.0. The minimum Gasteiger partial charge on any atom is -0.447 e. The van der Waals surface area contributed by atoms with Gasteiger partial charge < -0.3 is 25.2 Å². The molecule has 1 aliphatic heterocycles. The number of nitrogens with one attached hydrogen (secondary N) is 2. The van der Waals surface area contributed by atoms with Gasteiger partial charge in [0.1, 0.15) is 0 Å². The minimum absolute atomic E-state index is 0.0423. The fourth-order valence-corrected chi connectivity index (χ4v) is 4.36. The van der Waals surface area contributed by atoms with E-state index in [4.69, 9.17) is 4.74 Å². The maximum absolute atomic E-state index is 12.4. The molecule has 3 amide bonds. The van der Waals surface area contributed by atoms with Crippen molar-refractivity contribution in [2.45, 2.75) is 52.3 Å². The average Bonchev–Trinajstić information content (AvgIpc) is 2.77. The van der Waals surface area contributed by atoms with Gasteiger partial charge in [0.15, 0.2) is 0 Å². The Hall–Kier alpha value is -3.39. The van der Waals surface area contributed by atoms with Crippen molar-refractivity contribution in [1.82, 2.24) is 15.5 Å². The Labute approximate surface area is 207 Å². The third-order valence-corrected chi connectivity index (χ3v) is 5.98. The standard InChI is InChI=1S/C27H36N4O4/c1-17(2)35-27(34)29-24-15-18(3)31(19(4)32)25-12-11-22(16-23(24)25)20-7-9-21(10-8-20)26(33)28-13-14-30(5)6/h7-12,16-18,24H,13-15H2,1-6H3,(H,28,33)(H,29,34). The maximum Gasteiger partial charge on any atom is 0.407 e. The molecule has 0 radical (unpaired) electrons. The van der Waals surface area contributed by atoms with E-state index < -0.39 is 6.09 Å². The number of nitrogens with zero attached hydrogens (tertiary/aromatic N) is 2. The average molecular weight is 481 g/mol. The van der Waals surface area contributed by atoms with Crippen molar-refractivity contribution in [2.24, 2.45) is 0 Å². The van der Waals surface area contributed by atoms with E-state index in [-0.39, 0.29) is 30.0 Å². The van der Waals surface area contributed by atoms with Crippen LogP contribution in [0.1, 0.15) is 56.1 Å². The van der Waals surface area contributed by atoms with Gasteiger partial charge in [-0.05, 0) is 82.2 Å². The molecule has 188 valence electrons. The first-order valence-electron chi connectivity index (χ1n) is 12.0. The normalized spacial score (nSPS) is 17.2. The summed E-state index contributed by atoms with van der Waals surface area (Å²) in [4.78, 5) is 40.9. The van der Waals surface area contributed by atoms with Gasteiger partial charge >= 0.3 is 6.09 Å². The van der Waals surface area contributed by atoms with Gasteiger partial charge in [0.2, 0.25) is 5.91 Å². The summed E-state index contributed by atoms with van der Waals surface area (Å²) in [5.74, 6) is -0.151. The molecule has 1 heterocycles. The summed E-state index contributed by atoms with van der Waals surface area (Å²) in [6, 6.07) is 13.0. The molecule has 0 spiro atoms. The summed E-state index contributed by atoms with van der Waals surface area (Å²) >= 11 is 0. The summed E-state index contributed by atoms with van der Waals surface area (Å²) in [7, 11) is 3.92. The lowest BCUT2D eigenvalue weighted by Crippen LogP contribution is -2.45. The molecule has 0 saturated carbocycles. The van der Waals surface area contributed by atoms with E-state index in [1.54, 1.807) is 37.8 Å². The Bertz CT molecular complexity index is 1070. The minimum atomic E-state index is -0.477. The number of hydrogen-bond donors (Lipinski definition) is 2. The van der Waals surface area contributed by atoms with Crippen LogP contribution in [0.25, 0.3) is 11.1 Å². The predicted octanol–water partition coefficient (Wildman–Crippen LogP) is 3.97. The number of anilines is 1. The van der Waals surface area contributed by atoms with E-state index in [9.17, 15) is 14.4 Å². The van der Waals surface area contributed by atoms with Gasteiger partial charge in [-0.1, -0.05) is 18.2 Å². The SMILES string of the molecule is CC(=O)N1c2ccc(-c3ccc(C(=O)NCCN(C)C)cc3)cc2C(NC(=O)OC(C)C)CC1C. The number of carbonyl (C=O) groups excluding carboxylic acids is 3. The van der Waals surface area contributed by atoms with E-state index in [2.05, 4.69) is 10.6 Å². The van der Waals surface area contributed by atoms with Crippen LogP contribution in [-0.4, -0.2) is 62.1 Å². The highest BCUT2D eigenvalue weighted by Gasteiger charge is 2.33. The third-order valence-electron chi connectivity index (χ3n) is 5.98.